The van der Waals surface area contributed by atoms with Crippen LogP contribution in [0, 0.1) is 11.7 Å². The highest BCUT2D eigenvalue weighted by Crippen LogP contribution is 2.41. The molecule has 3 aromatic carbocycles. The van der Waals surface area contributed by atoms with Gasteiger partial charge in [0.15, 0.2) is 5.92 Å². The third kappa shape index (κ3) is 4.49. The maximum Gasteiger partial charge on any atom is 0.324 e. The number of hydrogen-bond donors (Lipinski definition) is 1. The number of nitrogens with one attached hydrogen (secondary N) is 1. The number of para-hydroxylation sites is 1. The number of rotatable bonds is 6. The predicted molar refractivity (Wildman–Crippen MR) is 127 cm³/mol. The number of hydrogen-bond acceptors (Lipinski definition) is 5. The minimum absolute atomic E-state index is 0.0776. The largest absolute Gasteiger partial charge is 0.489 e. The fourth-order valence-corrected chi connectivity index (χ4v) is 4.45. The molecule has 6 nitrogen and oxygen atoms in total. The molecule has 7 heteroatoms. The van der Waals surface area contributed by atoms with Gasteiger partial charge in [0.1, 0.15) is 18.2 Å². The van der Waals surface area contributed by atoms with Crippen LogP contribution >= 0.6 is 0 Å². The van der Waals surface area contributed by atoms with Crippen LogP contribution in [-0.2, 0) is 25.7 Å². The van der Waals surface area contributed by atoms with E-state index in [2.05, 4.69) is 4.98 Å². The lowest BCUT2D eigenvalue weighted by Gasteiger charge is -2.36. The fraction of sp³-hybridized carbons (Fsp3) is 0.214. The van der Waals surface area contributed by atoms with Crippen LogP contribution in [-0.4, -0.2) is 22.7 Å². The van der Waals surface area contributed by atoms with Crippen LogP contribution < -0.4 is 4.74 Å². The molecule has 0 amide bonds. The molecule has 1 saturated heterocycles. The van der Waals surface area contributed by atoms with Crippen molar-refractivity contribution in [3.63, 3.8) is 0 Å². The molecule has 0 bridgehead atoms. The zero-order valence-electron chi connectivity index (χ0n) is 19.3. The molecular weight excluding hydrogens is 449 g/mol. The number of carbonyl (C=O) groups is 2. The smallest absolute Gasteiger partial charge is 0.324 e. The second-order valence-electron chi connectivity index (χ2n) is 8.94. The minimum atomic E-state index is -1.32. The Kier molecular flexibility index (Phi) is 5.76. The molecule has 1 aromatic heterocycles. The first kappa shape index (κ1) is 22.7. The van der Waals surface area contributed by atoms with E-state index in [-0.39, 0.29) is 12.4 Å². The molecule has 0 spiro atoms. The van der Waals surface area contributed by atoms with Gasteiger partial charge in [-0.15, -0.1) is 0 Å². The molecule has 178 valence electrons. The summed E-state index contributed by atoms with van der Waals surface area (Å²) >= 11 is 0. The number of esters is 2. The van der Waals surface area contributed by atoms with E-state index < -0.39 is 29.6 Å². The van der Waals surface area contributed by atoms with E-state index in [4.69, 9.17) is 14.2 Å². The quantitative estimate of drug-likeness (QED) is 0.297. The number of benzene rings is 3. The standard InChI is InChI=1S/C28H24FNO5/c1-28(2)34-26(31)25(27(32)35-28)24(21-15-30-23-10-6-4-8-20(21)23)17-11-13-19(14-12-17)33-16-18-7-3-5-9-22(18)29/h3-15,24-25,30H,16H2,1-2H3/t24-/m0/s1. The SMILES string of the molecule is CC1(C)OC(=O)C([C@@H](c2ccc(OCc3ccccc3F)cc2)c2c[nH]c3ccccc23)C(=O)O1. The lowest BCUT2D eigenvalue weighted by Crippen LogP contribution is -2.48. The Morgan fingerprint density at radius 3 is 2.31 bits per heavy atom. The van der Waals surface area contributed by atoms with Crippen molar-refractivity contribution in [1.82, 2.24) is 4.98 Å². The van der Waals surface area contributed by atoms with Gasteiger partial charge in [0.05, 0.1) is 0 Å². The summed E-state index contributed by atoms with van der Waals surface area (Å²) in [5, 5.41) is 0.891. The molecule has 5 rings (SSSR count). The van der Waals surface area contributed by atoms with Gasteiger partial charge in [-0.05, 0) is 35.4 Å². The van der Waals surface area contributed by atoms with Crippen molar-refractivity contribution in [3.05, 3.63) is 102 Å². The van der Waals surface area contributed by atoms with Crippen molar-refractivity contribution < 1.29 is 28.2 Å². The average Bonchev–Trinajstić information content (AvgIpc) is 3.24. The highest BCUT2D eigenvalue weighted by molar-refractivity contribution is 5.99. The summed E-state index contributed by atoms with van der Waals surface area (Å²) < 4.78 is 30.5. The van der Waals surface area contributed by atoms with Crippen molar-refractivity contribution in [1.29, 1.82) is 0 Å². The van der Waals surface area contributed by atoms with Crippen molar-refractivity contribution in [2.24, 2.45) is 5.92 Å². The van der Waals surface area contributed by atoms with Crippen LogP contribution in [0.5, 0.6) is 5.75 Å². The van der Waals surface area contributed by atoms with E-state index in [0.717, 1.165) is 16.5 Å². The third-order valence-electron chi connectivity index (χ3n) is 6.08. The van der Waals surface area contributed by atoms with Crippen LogP contribution in [0.2, 0.25) is 0 Å². The molecule has 1 fully saturated rings. The fourth-order valence-electron chi connectivity index (χ4n) is 4.45. The third-order valence-corrected chi connectivity index (χ3v) is 6.08. The number of fused-ring (bicyclic) bond motifs is 1. The zero-order chi connectivity index (χ0) is 24.6. The van der Waals surface area contributed by atoms with Gasteiger partial charge in [-0.2, -0.15) is 0 Å². The van der Waals surface area contributed by atoms with Crippen molar-refractivity contribution in [2.75, 3.05) is 0 Å². The number of aromatic nitrogens is 1. The van der Waals surface area contributed by atoms with Crippen molar-refractivity contribution >= 4 is 22.8 Å². The molecule has 1 aliphatic rings. The molecule has 1 N–H and O–H groups in total. The topological polar surface area (TPSA) is 77.6 Å². The summed E-state index contributed by atoms with van der Waals surface area (Å²) in [4.78, 5) is 29.3. The van der Waals surface area contributed by atoms with Crippen molar-refractivity contribution in [3.8, 4) is 5.75 Å². The number of carbonyl (C=O) groups excluding carboxylic acids is 2. The lowest BCUT2D eigenvalue weighted by atomic mass is 9.80. The van der Waals surface area contributed by atoms with E-state index in [9.17, 15) is 14.0 Å². The Morgan fingerprint density at radius 2 is 1.60 bits per heavy atom. The van der Waals surface area contributed by atoms with Gasteiger partial charge in [-0.3, -0.25) is 9.59 Å². The van der Waals surface area contributed by atoms with Gasteiger partial charge < -0.3 is 19.2 Å². The molecule has 1 aliphatic heterocycles. The Morgan fingerprint density at radius 1 is 0.943 bits per heavy atom. The van der Waals surface area contributed by atoms with Crippen LogP contribution in [0.4, 0.5) is 4.39 Å². The molecule has 0 saturated carbocycles. The normalized spacial score (nSPS) is 16.5. The molecule has 35 heavy (non-hydrogen) atoms. The maximum absolute atomic E-state index is 13.9. The van der Waals surface area contributed by atoms with E-state index in [1.807, 2.05) is 24.3 Å². The van der Waals surface area contributed by atoms with Crippen LogP contribution in [0.15, 0.2) is 79.0 Å². The van der Waals surface area contributed by atoms with Gasteiger partial charge in [0.2, 0.25) is 0 Å². The van der Waals surface area contributed by atoms with Crippen LogP contribution in [0.3, 0.4) is 0 Å². The van der Waals surface area contributed by atoms with Gasteiger partial charge in [0, 0.05) is 42.4 Å². The average molecular weight is 474 g/mol. The van der Waals surface area contributed by atoms with Gasteiger partial charge in [0.25, 0.3) is 5.79 Å². The molecular formula is C28H24FNO5. The molecule has 4 aromatic rings. The summed E-state index contributed by atoms with van der Waals surface area (Å²) in [6, 6.07) is 21.2. The van der Waals surface area contributed by atoms with Gasteiger partial charge in [-0.1, -0.05) is 48.5 Å². The van der Waals surface area contributed by atoms with Gasteiger partial charge in [-0.25, -0.2) is 4.39 Å². The maximum atomic E-state index is 13.9. The molecule has 0 aliphatic carbocycles. The van der Waals surface area contributed by atoms with Crippen LogP contribution in [0.25, 0.3) is 10.9 Å². The van der Waals surface area contributed by atoms with E-state index in [1.54, 1.807) is 48.7 Å². The first-order valence-electron chi connectivity index (χ1n) is 11.3. The summed E-state index contributed by atoms with van der Waals surface area (Å²) in [5.74, 6) is -4.22. The van der Waals surface area contributed by atoms with Crippen molar-refractivity contribution in [2.45, 2.75) is 32.2 Å². The predicted octanol–water partition coefficient (Wildman–Crippen LogP) is 5.47. The highest BCUT2D eigenvalue weighted by atomic mass is 19.1. The number of aromatic amines is 1. The second-order valence-corrected chi connectivity index (χ2v) is 8.94. The number of cyclic esters (lactones) is 2. The zero-order valence-corrected chi connectivity index (χ0v) is 19.3. The minimum Gasteiger partial charge on any atom is -0.489 e. The lowest BCUT2D eigenvalue weighted by molar-refractivity contribution is -0.240. The Balaban J connectivity index is 1.49. The first-order chi connectivity index (χ1) is 16.8. The summed E-state index contributed by atoms with van der Waals surface area (Å²) in [6.07, 6.45) is 1.80. The Hall–Kier alpha value is -4.13. The molecule has 0 unspecified atom stereocenters. The van der Waals surface area contributed by atoms with E-state index in [0.29, 0.717) is 16.9 Å². The molecule has 0 radical (unpaired) electrons. The molecule has 2 heterocycles. The summed E-state index contributed by atoms with van der Waals surface area (Å²) in [6.45, 7) is 3.14. The summed E-state index contributed by atoms with van der Waals surface area (Å²) in [7, 11) is 0. The molecule has 1 atom stereocenters. The first-order valence-corrected chi connectivity index (χ1v) is 11.3. The Bertz CT molecular complexity index is 1370. The summed E-state index contributed by atoms with van der Waals surface area (Å²) in [5.41, 5.74) is 2.82. The van der Waals surface area contributed by atoms with E-state index in [1.165, 1.54) is 19.9 Å². The van der Waals surface area contributed by atoms with Gasteiger partial charge >= 0.3 is 11.9 Å². The Labute approximate surface area is 201 Å². The second kappa shape index (κ2) is 8.91. The number of halogens is 1. The number of H-pyrrole nitrogens is 1. The number of ether oxygens (including phenoxy) is 3. The van der Waals surface area contributed by atoms with E-state index >= 15 is 0 Å². The monoisotopic (exact) mass is 473 g/mol. The van der Waals surface area contributed by atoms with Crippen LogP contribution in [0.1, 0.15) is 36.5 Å². The highest BCUT2D eigenvalue weighted by Gasteiger charge is 2.48.